The van der Waals surface area contributed by atoms with Gasteiger partial charge < -0.3 is 10.5 Å². The number of unbranched alkanes of at least 4 members (excludes halogenated alkanes) is 11. The number of ketones is 1. The molecular formula is C25H41NNaO5S. The van der Waals surface area contributed by atoms with Crippen LogP contribution in [0.1, 0.15) is 107 Å². The number of hydrogen-bond donors (Lipinski definition) is 2. The Hall–Kier alpha value is -0.860. The van der Waals surface area contributed by atoms with Gasteiger partial charge in [0.05, 0.1) is 12.7 Å². The molecule has 1 aromatic rings. The first-order chi connectivity index (χ1) is 15.3. The number of ether oxygens (including phenoxy) is 1. The van der Waals surface area contributed by atoms with E-state index in [4.69, 9.17) is 10.5 Å². The molecule has 33 heavy (non-hydrogen) atoms. The Morgan fingerprint density at radius 1 is 0.939 bits per heavy atom. The molecule has 0 heterocycles. The first-order valence-electron chi connectivity index (χ1n) is 11.9. The molecule has 0 spiro atoms. The SMILES string of the molecule is CCCCCCCC/C=C\CCCCCCCC(=O)c1c(N)ccc(S(=O)(=O)O)c1OC.[Na]. The molecule has 0 fully saturated rings. The minimum atomic E-state index is -4.51. The average molecular weight is 491 g/mol. The normalized spacial score (nSPS) is 11.5. The summed E-state index contributed by atoms with van der Waals surface area (Å²) in [6, 6.07) is 2.45. The maximum absolute atomic E-state index is 12.6. The number of nitrogens with two attached hydrogens (primary N) is 1. The molecule has 0 aliphatic carbocycles. The van der Waals surface area contributed by atoms with E-state index in [0.717, 1.165) is 38.2 Å². The molecule has 0 saturated heterocycles. The van der Waals surface area contributed by atoms with Crippen LogP contribution < -0.4 is 10.5 Å². The minimum Gasteiger partial charge on any atom is -0.494 e. The summed E-state index contributed by atoms with van der Waals surface area (Å²) in [6.07, 6.45) is 20.1. The van der Waals surface area contributed by atoms with Gasteiger partial charge in [-0.2, -0.15) is 8.42 Å². The molecule has 0 atom stereocenters. The Morgan fingerprint density at radius 2 is 1.45 bits per heavy atom. The van der Waals surface area contributed by atoms with Crippen LogP contribution in [-0.2, 0) is 10.1 Å². The quantitative estimate of drug-likeness (QED) is 0.0619. The van der Waals surface area contributed by atoms with Gasteiger partial charge in [0, 0.05) is 41.7 Å². The van der Waals surface area contributed by atoms with E-state index in [0.29, 0.717) is 6.42 Å². The van der Waals surface area contributed by atoms with Crippen LogP contribution in [0.4, 0.5) is 5.69 Å². The third-order valence-corrected chi connectivity index (χ3v) is 6.46. The van der Waals surface area contributed by atoms with Crippen LogP contribution >= 0.6 is 0 Å². The van der Waals surface area contributed by atoms with E-state index in [9.17, 15) is 17.8 Å². The Morgan fingerprint density at radius 3 is 1.97 bits per heavy atom. The predicted molar refractivity (Wildman–Crippen MR) is 137 cm³/mol. The van der Waals surface area contributed by atoms with Gasteiger partial charge in [-0.05, 0) is 44.2 Å². The van der Waals surface area contributed by atoms with Crippen LogP contribution in [0.25, 0.3) is 0 Å². The smallest absolute Gasteiger partial charge is 0.298 e. The molecule has 0 unspecified atom stereocenters. The monoisotopic (exact) mass is 490 g/mol. The number of nitrogen functional groups attached to an aromatic ring is 1. The second-order valence-electron chi connectivity index (χ2n) is 8.29. The average Bonchev–Trinajstić information content (AvgIpc) is 2.75. The van der Waals surface area contributed by atoms with Crippen molar-refractivity contribution >= 4 is 51.1 Å². The number of rotatable bonds is 18. The van der Waals surface area contributed by atoms with Crippen molar-refractivity contribution in [2.24, 2.45) is 0 Å². The summed E-state index contributed by atoms with van der Waals surface area (Å²) in [5.41, 5.74) is 6.05. The molecule has 1 aromatic carbocycles. The van der Waals surface area contributed by atoms with E-state index in [1.807, 2.05) is 0 Å². The predicted octanol–water partition coefficient (Wildman–Crippen LogP) is 6.36. The number of anilines is 1. The van der Waals surface area contributed by atoms with Gasteiger partial charge >= 0.3 is 0 Å². The maximum atomic E-state index is 12.6. The van der Waals surface area contributed by atoms with E-state index in [1.165, 1.54) is 58.1 Å². The number of carbonyl (C=O) groups excluding carboxylic acids is 1. The molecular weight excluding hydrogens is 449 g/mol. The van der Waals surface area contributed by atoms with Crippen LogP contribution in [0.3, 0.4) is 0 Å². The van der Waals surface area contributed by atoms with E-state index in [1.54, 1.807) is 0 Å². The fraction of sp³-hybridized carbons (Fsp3) is 0.640. The molecule has 0 saturated carbocycles. The zero-order valence-electron chi connectivity index (χ0n) is 20.8. The van der Waals surface area contributed by atoms with Crippen molar-refractivity contribution in [1.82, 2.24) is 0 Å². The standard InChI is InChI=1S/C25H41NO5S.Na/c1-3-4-5-6-7-8-9-10-11-12-13-14-15-16-17-18-22(27)24-21(26)19-20-23(25(24)31-2)32(28,29)30;/h10-11,19-20H,3-9,12-18,26H2,1-2H3,(H,28,29,30);/b11-10-;. The molecule has 0 aliphatic rings. The number of methoxy groups -OCH3 is 1. The first kappa shape index (κ1) is 32.1. The largest absolute Gasteiger partial charge is 0.494 e. The Bertz CT molecular complexity index is 824. The van der Waals surface area contributed by atoms with Crippen LogP contribution in [0.5, 0.6) is 5.75 Å². The van der Waals surface area contributed by atoms with Crippen LogP contribution in [0.15, 0.2) is 29.2 Å². The number of allylic oxidation sites excluding steroid dienone is 2. The summed E-state index contributed by atoms with van der Waals surface area (Å²) < 4.78 is 37.5. The van der Waals surface area contributed by atoms with Gasteiger partial charge in [0.25, 0.3) is 10.1 Å². The summed E-state index contributed by atoms with van der Waals surface area (Å²) in [6.45, 7) is 2.24. The molecule has 0 bridgehead atoms. The summed E-state index contributed by atoms with van der Waals surface area (Å²) in [7, 11) is -3.26. The van der Waals surface area contributed by atoms with Gasteiger partial charge in [-0.15, -0.1) is 0 Å². The third kappa shape index (κ3) is 13.0. The van der Waals surface area contributed by atoms with E-state index < -0.39 is 15.0 Å². The van der Waals surface area contributed by atoms with Crippen molar-refractivity contribution < 1.29 is 22.5 Å². The van der Waals surface area contributed by atoms with Crippen molar-refractivity contribution in [2.75, 3.05) is 12.8 Å². The van der Waals surface area contributed by atoms with E-state index >= 15 is 0 Å². The Kier molecular flexibility index (Phi) is 18.0. The van der Waals surface area contributed by atoms with Crippen molar-refractivity contribution in [3.8, 4) is 5.75 Å². The number of hydrogen-bond acceptors (Lipinski definition) is 5. The molecule has 0 aromatic heterocycles. The molecule has 1 radical (unpaired) electrons. The van der Waals surface area contributed by atoms with Gasteiger partial charge in [0.2, 0.25) is 0 Å². The van der Waals surface area contributed by atoms with Crippen LogP contribution in [0.2, 0.25) is 0 Å². The van der Waals surface area contributed by atoms with Crippen LogP contribution in [-0.4, -0.2) is 55.4 Å². The minimum absolute atomic E-state index is 0. The summed E-state index contributed by atoms with van der Waals surface area (Å²) in [5.74, 6) is -0.465. The van der Waals surface area contributed by atoms with Gasteiger partial charge in [-0.25, -0.2) is 0 Å². The maximum Gasteiger partial charge on any atom is 0.298 e. The van der Waals surface area contributed by atoms with Crippen molar-refractivity contribution in [3.63, 3.8) is 0 Å². The fourth-order valence-electron chi connectivity index (χ4n) is 3.75. The molecule has 1 rings (SSSR count). The second-order valence-corrected chi connectivity index (χ2v) is 9.68. The van der Waals surface area contributed by atoms with E-state index in [-0.39, 0.29) is 58.8 Å². The zero-order chi connectivity index (χ0) is 23.8. The van der Waals surface area contributed by atoms with Crippen LogP contribution in [0, 0.1) is 0 Å². The third-order valence-electron chi connectivity index (χ3n) is 5.58. The number of benzene rings is 1. The van der Waals surface area contributed by atoms with Crippen molar-refractivity contribution in [3.05, 3.63) is 29.8 Å². The van der Waals surface area contributed by atoms with Crippen molar-refractivity contribution in [1.29, 1.82) is 0 Å². The van der Waals surface area contributed by atoms with Gasteiger partial charge in [-0.1, -0.05) is 70.4 Å². The topological polar surface area (TPSA) is 107 Å². The first-order valence-corrected chi connectivity index (χ1v) is 13.4. The van der Waals surface area contributed by atoms with Gasteiger partial charge in [0.1, 0.15) is 4.90 Å². The molecule has 0 amide bonds. The van der Waals surface area contributed by atoms with E-state index in [2.05, 4.69) is 19.1 Å². The number of Topliss-reactive ketones (excluding diaryl/α,β-unsaturated/α-hetero) is 1. The zero-order valence-corrected chi connectivity index (χ0v) is 23.6. The Balaban J connectivity index is 0.0000102. The summed E-state index contributed by atoms with van der Waals surface area (Å²) in [4.78, 5) is 12.2. The van der Waals surface area contributed by atoms with Gasteiger partial charge in [0.15, 0.2) is 11.5 Å². The molecule has 6 nitrogen and oxygen atoms in total. The molecule has 183 valence electrons. The summed E-state index contributed by atoms with van der Waals surface area (Å²) in [5, 5.41) is 0. The van der Waals surface area contributed by atoms with Crippen molar-refractivity contribution in [2.45, 2.75) is 102 Å². The van der Waals surface area contributed by atoms with Gasteiger partial charge in [-0.3, -0.25) is 9.35 Å². The Labute approximate surface area is 222 Å². The molecule has 8 heteroatoms. The summed E-state index contributed by atoms with van der Waals surface area (Å²) >= 11 is 0. The molecule has 0 aliphatic heterocycles. The second kappa shape index (κ2) is 18.5. The fourth-order valence-corrected chi connectivity index (χ4v) is 4.41. The molecule has 3 N–H and O–H groups in total. The number of carbonyl (C=O) groups is 1.